The molecule has 2 aliphatic rings. The van der Waals surface area contributed by atoms with E-state index in [0.29, 0.717) is 24.8 Å². The van der Waals surface area contributed by atoms with E-state index in [0.717, 1.165) is 31.2 Å². The van der Waals surface area contributed by atoms with Crippen LogP contribution >= 0.6 is 0 Å². The Balaban J connectivity index is 1.91. The molecule has 0 bridgehead atoms. The molecule has 3 rings (SSSR count). The third-order valence-electron chi connectivity index (χ3n) is 7.01. The van der Waals surface area contributed by atoms with E-state index in [1.165, 1.54) is 12.7 Å². The van der Waals surface area contributed by atoms with Crippen LogP contribution in [0.4, 0.5) is 13.2 Å². The number of carbonyl (C=O) groups excluding carboxylic acids is 1. The number of carbonyl (C=O) groups is 1. The van der Waals surface area contributed by atoms with Crippen LogP contribution in [-0.2, 0) is 16.6 Å². The van der Waals surface area contributed by atoms with E-state index in [4.69, 9.17) is 4.74 Å². The molecule has 0 spiro atoms. The predicted molar refractivity (Wildman–Crippen MR) is 100 cm³/mol. The quantitative estimate of drug-likeness (QED) is 0.697. The van der Waals surface area contributed by atoms with Crippen molar-refractivity contribution in [3.63, 3.8) is 0 Å². The summed E-state index contributed by atoms with van der Waals surface area (Å²) < 4.78 is 42.9. The number of aliphatic hydroxyl groups is 1. The number of aryl methyl sites for hydroxylation is 1. The van der Waals surface area contributed by atoms with Crippen molar-refractivity contribution in [3.8, 4) is 0 Å². The van der Waals surface area contributed by atoms with E-state index in [1.54, 1.807) is 6.07 Å². The van der Waals surface area contributed by atoms with Crippen LogP contribution in [0.25, 0.3) is 0 Å². The van der Waals surface area contributed by atoms with Gasteiger partial charge in [-0.2, -0.15) is 13.2 Å². The summed E-state index contributed by atoms with van der Waals surface area (Å²) in [4.78, 5) is 11.9. The lowest BCUT2D eigenvalue weighted by molar-refractivity contribution is -0.153. The molecule has 0 radical (unpaired) electrons. The Morgan fingerprint density at radius 3 is 2.71 bits per heavy atom. The van der Waals surface area contributed by atoms with E-state index in [2.05, 4.69) is 6.92 Å². The first-order valence-electron chi connectivity index (χ1n) is 10.1. The Morgan fingerprint density at radius 2 is 2.07 bits per heavy atom. The average molecular weight is 398 g/mol. The van der Waals surface area contributed by atoms with Gasteiger partial charge in [0.05, 0.1) is 18.3 Å². The van der Waals surface area contributed by atoms with Gasteiger partial charge in [0, 0.05) is 6.42 Å². The monoisotopic (exact) mass is 398 g/mol. The number of fused-ring (bicyclic) bond motifs is 3. The zero-order chi connectivity index (χ0) is 20.6. The van der Waals surface area contributed by atoms with E-state index in [1.807, 2.05) is 12.1 Å². The molecule has 6 heteroatoms. The van der Waals surface area contributed by atoms with Crippen molar-refractivity contribution in [1.29, 1.82) is 0 Å². The maximum atomic E-state index is 12.7. The Bertz CT molecular complexity index is 730. The standard InChI is InChI=1S/C22H29F3O3/c1-3-21-11-9-20(27,10-12-22(23,24)25)14-17(21)6-4-5-15-13-16(19(26)28-2)7-8-18(15)21/h7-8,13,17,27H,3-6,9-12,14H2,1-2H3/t17-,20-,21+/m1/s1. The van der Waals surface area contributed by atoms with Crippen molar-refractivity contribution >= 4 is 5.97 Å². The van der Waals surface area contributed by atoms with E-state index in [-0.39, 0.29) is 23.7 Å². The summed E-state index contributed by atoms with van der Waals surface area (Å²) in [6.45, 7) is 2.12. The zero-order valence-corrected chi connectivity index (χ0v) is 16.6. The van der Waals surface area contributed by atoms with Crippen LogP contribution < -0.4 is 0 Å². The molecule has 2 aliphatic carbocycles. The highest BCUT2D eigenvalue weighted by atomic mass is 19.4. The van der Waals surface area contributed by atoms with Crippen molar-refractivity contribution < 1.29 is 27.8 Å². The first-order valence-corrected chi connectivity index (χ1v) is 10.1. The molecule has 1 aromatic rings. The van der Waals surface area contributed by atoms with Gasteiger partial charge in [-0.25, -0.2) is 4.79 Å². The van der Waals surface area contributed by atoms with Gasteiger partial charge < -0.3 is 9.84 Å². The Kier molecular flexibility index (Phi) is 5.81. The topological polar surface area (TPSA) is 46.5 Å². The summed E-state index contributed by atoms with van der Waals surface area (Å²) in [5.74, 6) is -0.214. The van der Waals surface area contributed by atoms with E-state index in [9.17, 15) is 23.1 Å². The number of halogens is 3. The molecule has 0 amide bonds. The molecule has 0 saturated heterocycles. The number of benzene rings is 1. The van der Waals surface area contributed by atoms with Crippen molar-refractivity contribution in [2.75, 3.05) is 7.11 Å². The third-order valence-corrected chi connectivity index (χ3v) is 7.01. The molecule has 3 atom stereocenters. The molecule has 3 nitrogen and oxygen atoms in total. The number of alkyl halides is 3. The molecule has 1 N–H and O–H groups in total. The minimum atomic E-state index is -4.24. The summed E-state index contributed by atoms with van der Waals surface area (Å²) in [5.41, 5.74) is 1.47. The Labute approximate surface area is 164 Å². The maximum Gasteiger partial charge on any atom is 0.389 e. The molecule has 0 aromatic heterocycles. The highest BCUT2D eigenvalue weighted by molar-refractivity contribution is 5.89. The third kappa shape index (κ3) is 4.07. The van der Waals surface area contributed by atoms with Crippen molar-refractivity contribution in [2.45, 2.75) is 81.9 Å². The minimum absolute atomic E-state index is 0.148. The Hall–Kier alpha value is -1.56. The fourth-order valence-corrected chi connectivity index (χ4v) is 5.48. The van der Waals surface area contributed by atoms with Gasteiger partial charge in [-0.05, 0) is 86.0 Å². The van der Waals surface area contributed by atoms with Crippen molar-refractivity contribution in [3.05, 3.63) is 34.9 Å². The lowest BCUT2D eigenvalue weighted by atomic mass is 9.56. The summed E-state index contributed by atoms with van der Waals surface area (Å²) in [7, 11) is 1.36. The number of hydrogen-bond donors (Lipinski definition) is 1. The van der Waals surface area contributed by atoms with E-state index >= 15 is 0 Å². The number of ether oxygens (including phenoxy) is 1. The van der Waals surface area contributed by atoms with Gasteiger partial charge in [-0.3, -0.25) is 0 Å². The van der Waals surface area contributed by atoms with Crippen LogP contribution in [0.15, 0.2) is 18.2 Å². The molecular formula is C22H29F3O3. The summed E-state index contributed by atoms with van der Waals surface area (Å²) in [5, 5.41) is 10.9. The molecule has 0 unspecified atom stereocenters. The van der Waals surface area contributed by atoms with Crippen LogP contribution in [0.1, 0.15) is 79.8 Å². The maximum absolute atomic E-state index is 12.7. The van der Waals surface area contributed by atoms with Gasteiger partial charge in [-0.15, -0.1) is 0 Å². The van der Waals surface area contributed by atoms with Gasteiger partial charge in [0.1, 0.15) is 0 Å². The molecule has 0 aliphatic heterocycles. The molecular weight excluding hydrogens is 369 g/mol. The molecule has 1 aromatic carbocycles. The first kappa shape index (κ1) is 21.2. The number of methoxy groups -OCH3 is 1. The largest absolute Gasteiger partial charge is 0.465 e. The second-order valence-electron chi connectivity index (χ2n) is 8.51. The first-order chi connectivity index (χ1) is 13.1. The van der Waals surface area contributed by atoms with Crippen molar-refractivity contribution in [2.24, 2.45) is 5.92 Å². The number of rotatable bonds is 4. The van der Waals surface area contributed by atoms with Crippen LogP contribution in [0, 0.1) is 5.92 Å². The van der Waals surface area contributed by atoms with Crippen molar-refractivity contribution in [1.82, 2.24) is 0 Å². The normalized spacial score (nSPS) is 30.1. The fraction of sp³-hybridized carbons (Fsp3) is 0.682. The molecule has 1 saturated carbocycles. The van der Waals surface area contributed by atoms with Crippen LogP contribution in [0.5, 0.6) is 0 Å². The van der Waals surface area contributed by atoms with Gasteiger partial charge in [0.2, 0.25) is 0 Å². The molecule has 1 fully saturated rings. The Morgan fingerprint density at radius 1 is 1.32 bits per heavy atom. The highest BCUT2D eigenvalue weighted by Crippen LogP contribution is 2.54. The van der Waals surface area contributed by atoms with Gasteiger partial charge in [-0.1, -0.05) is 13.0 Å². The zero-order valence-electron chi connectivity index (χ0n) is 16.6. The van der Waals surface area contributed by atoms with Crippen LogP contribution in [-0.4, -0.2) is 30.0 Å². The van der Waals surface area contributed by atoms with E-state index < -0.39 is 18.2 Å². The summed E-state index contributed by atoms with van der Waals surface area (Å²) in [6, 6.07) is 5.70. The molecule has 0 heterocycles. The number of hydrogen-bond acceptors (Lipinski definition) is 3. The van der Waals surface area contributed by atoms with Gasteiger partial charge in [0.15, 0.2) is 0 Å². The van der Waals surface area contributed by atoms with Crippen LogP contribution in [0.3, 0.4) is 0 Å². The second-order valence-corrected chi connectivity index (χ2v) is 8.51. The van der Waals surface area contributed by atoms with Crippen LogP contribution in [0.2, 0.25) is 0 Å². The second kappa shape index (κ2) is 7.69. The number of esters is 1. The highest BCUT2D eigenvalue weighted by Gasteiger charge is 2.50. The molecule has 28 heavy (non-hydrogen) atoms. The average Bonchev–Trinajstić information content (AvgIpc) is 2.81. The fourth-order valence-electron chi connectivity index (χ4n) is 5.48. The molecule has 156 valence electrons. The van der Waals surface area contributed by atoms with Gasteiger partial charge in [0.25, 0.3) is 0 Å². The summed E-state index contributed by atoms with van der Waals surface area (Å²) >= 11 is 0. The minimum Gasteiger partial charge on any atom is -0.465 e. The lowest BCUT2D eigenvalue weighted by Gasteiger charge is -2.50. The lowest BCUT2D eigenvalue weighted by Crippen LogP contribution is -2.48. The predicted octanol–water partition coefficient (Wildman–Crippen LogP) is 5.33. The van der Waals surface area contributed by atoms with Gasteiger partial charge >= 0.3 is 12.1 Å². The SMILES string of the molecule is CC[C@]12CC[C@@](O)(CCC(F)(F)F)C[C@H]1CCCc1cc(C(=O)OC)ccc12. The summed E-state index contributed by atoms with van der Waals surface area (Å²) in [6.07, 6.45) is -0.445. The smallest absolute Gasteiger partial charge is 0.389 e.